The van der Waals surface area contributed by atoms with E-state index in [-0.39, 0.29) is 44.6 Å². The summed E-state index contributed by atoms with van der Waals surface area (Å²) in [5.41, 5.74) is 0.192. The zero-order chi connectivity index (χ0) is 26.3. The molecule has 4 unspecified atom stereocenters. The van der Waals surface area contributed by atoms with Gasteiger partial charge in [0.1, 0.15) is 5.75 Å². The van der Waals surface area contributed by atoms with Crippen LogP contribution in [0.2, 0.25) is 0 Å². The van der Waals surface area contributed by atoms with Crippen LogP contribution in [0.4, 0.5) is 0 Å². The first-order valence-corrected chi connectivity index (χ1v) is 15.0. The molecule has 3 fully saturated rings. The van der Waals surface area contributed by atoms with Gasteiger partial charge < -0.3 is 15.1 Å². The first-order chi connectivity index (χ1) is 16.7. The second-order valence-electron chi connectivity index (χ2n) is 13.0. The van der Waals surface area contributed by atoms with Crippen molar-refractivity contribution in [3.8, 4) is 5.75 Å². The lowest BCUT2D eigenvalue weighted by atomic mass is 9.43. The molecule has 0 aromatic heterocycles. The number of amides is 1. The summed E-state index contributed by atoms with van der Waals surface area (Å²) in [6.07, 6.45) is 5.77. The number of nitrogens with zero attached hydrogens (tertiary/aromatic N) is 1. The fourth-order valence-electron chi connectivity index (χ4n) is 8.69. The van der Waals surface area contributed by atoms with Crippen molar-refractivity contribution in [3.63, 3.8) is 0 Å². The van der Waals surface area contributed by atoms with E-state index < -0.39 is 27.1 Å². The number of carboxylic acid groups (broad SMARTS) is 1. The lowest BCUT2D eigenvalue weighted by Gasteiger charge is -2.63. The Hall–Kier alpha value is -2.09. The molecule has 2 N–H and O–H groups in total. The van der Waals surface area contributed by atoms with Gasteiger partial charge in [-0.05, 0) is 73.3 Å². The van der Waals surface area contributed by atoms with Crippen molar-refractivity contribution >= 4 is 21.7 Å². The van der Waals surface area contributed by atoms with E-state index in [1.165, 1.54) is 12.1 Å². The van der Waals surface area contributed by atoms with Crippen LogP contribution in [0.25, 0.3) is 0 Å². The van der Waals surface area contributed by atoms with Gasteiger partial charge in [-0.1, -0.05) is 34.1 Å². The summed E-state index contributed by atoms with van der Waals surface area (Å²) in [6, 6.07) is 2.91. The van der Waals surface area contributed by atoms with Crippen molar-refractivity contribution < 1.29 is 28.2 Å². The SMILES string of the molecule is CC1(C)CCCC2(C)C1CCC1(C)c3c(O)cc(C(=O)N4CCC(C(=O)O)CC4)cc3S(=O)(=O)CC12. The highest BCUT2D eigenvalue weighted by atomic mass is 32.2. The predicted molar refractivity (Wildman–Crippen MR) is 136 cm³/mol. The first kappa shape index (κ1) is 25.6. The van der Waals surface area contributed by atoms with Crippen LogP contribution in [0.1, 0.15) is 88.6 Å². The average Bonchev–Trinajstić information content (AvgIpc) is 2.79. The number of sulfone groups is 1. The van der Waals surface area contributed by atoms with Crippen molar-refractivity contribution in [2.45, 2.75) is 83.0 Å². The number of likely N-dealkylation sites (tertiary alicyclic amines) is 1. The van der Waals surface area contributed by atoms with E-state index in [0.717, 1.165) is 32.1 Å². The Kier molecular flexibility index (Phi) is 5.82. The lowest BCUT2D eigenvalue weighted by molar-refractivity contribution is -0.143. The van der Waals surface area contributed by atoms with Gasteiger partial charge in [0.05, 0.1) is 16.6 Å². The van der Waals surface area contributed by atoms with Gasteiger partial charge in [0.25, 0.3) is 5.91 Å². The maximum atomic E-state index is 13.8. The van der Waals surface area contributed by atoms with Crippen LogP contribution in [-0.2, 0) is 20.0 Å². The molecule has 5 rings (SSSR count). The van der Waals surface area contributed by atoms with Crippen LogP contribution in [-0.4, -0.2) is 54.2 Å². The highest BCUT2D eigenvalue weighted by Crippen LogP contribution is 2.67. The second-order valence-corrected chi connectivity index (χ2v) is 15.0. The van der Waals surface area contributed by atoms with E-state index >= 15 is 0 Å². The van der Waals surface area contributed by atoms with E-state index in [1.807, 2.05) is 0 Å². The zero-order valence-corrected chi connectivity index (χ0v) is 22.7. The third-order valence-electron chi connectivity index (χ3n) is 10.5. The van der Waals surface area contributed by atoms with Gasteiger partial charge in [-0.25, -0.2) is 8.42 Å². The molecule has 0 spiro atoms. The van der Waals surface area contributed by atoms with E-state index in [1.54, 1.807) is 4.90 Å². The van der Waals surface area contributed by atoms with Crippen molar-refractivity contribution in [2.24, 2.45) is 28.6 Å². The Morgan fingerprint density at radius 2 is 1.64 bits per heavy atom. The quantitative estimate of drug-likeness (QED) is 0.592. The molecule has 4 atom stereocenters. The molecule has 36 heavy (non-hydrogen) atoms. The molecule has 4 aliphatic rings. The van der Waals surface area contributed by atoms with E-state index in [9.17, 15) is 28.2 Å². The number of carboxylic acids is 1. The minimum Gasteiger partial charge on any atom is -0.508 e. The van der Waals surface area contributed by atoms with Crippen LogP contribution >= 0.6 is 0 Å². The van der Waals surface area contributed by atoms with Gasteiger partial charge in [-0.2, -0.15) is 0 Å². The molecule has 0 radical (unpaired) electrons. The molecular formula is C28H39NO6S. The van der Waals surface area contributed by atoms with Gasteiger partial charge in [0, 0.05) is 29.6 Å². The summed E-state index contributed by atoms with van der Waals surface area (Å²) >= 11 is 0. The number of piperidine rings is 1. The summed E-state index contributed by atoms with van der Waals surface area (Å²) in [7, 11) is -3.71. The zero-order valence-electron chi connectivity index (χ0n) is 21.8. The molecule has 0 bridgehead atoms. The van der Waals surface area contributed by atoms with Gasteiger partial charge in [-0.15, -0.1) is 0 Å². The Morgan fingerprint density at radius 3 is 2.28 bits per heavy atom. The number of aliphatic carboxylic acids is 1. The fourth-order valence-corrected chi connectivity index (χ4v) is 11.0. The number of fused-ring (bicyclic) bond motifs is 5. The maximum absolute atomic E-state index is 13.8. The number of aromatic hydroxyl groups is 1. The van der Waals surface area contributed by atoms with E-state index in [0.29, 0.717) is 37.4 Å². The highest BCUT2D eigenvalue weighted by molar-refractivity contribution is 7.91. The molecule has 7 nitrogen and oxygen atoms in total. The summed E-state index contributed by atoms with van der Waals surface area (Å²) in [5, 5.41) is 20.5. The summed E-state index contributed by atoms with van der Waals surface area (Å²) in [6.45, 7) is 9.63. The topological polar surface area (TPSA) is 112 Å². The van der Waals surface area contributed by atoms with Gasteiger partial charge in [0.15, 0.2) is 9.84 Å². The van der Waals surface area contributed by atoms with Crippen LogP contribution < -0.4 is 0 Å². The molecule has 8 heteroatoms. The highest BCUT2D eigenvalue weighted by Gasteiger charge is 2.62. The molecule has 2 aliphatic heterocycles. The third kappa shape index (κ3) is 3.69. The number of carbonyl (C=O) groups excluding carboxylic acids is 1. The normalized spacial score (nSPS) is 35.3. The van der Waals surface area contributed by atoms with Gasteiger partial charge in [0.2, 0.25) is 0 Å². The van der Waals surface area contributed by atoms with Crippen LogP contribution in [0.15, 0.2) is 17.0 Å². The maximum Gasteiger partial charge on any atom is 0.306 e. The monoisotopic (exact) mass is 517 g/mol. The third-order valence-corrected chi connectivity index (χ3v) is 12.3. The molecule has 1 amide bonds. The molecule has 2 heterocycles. The number of rotatable bonds is 2. The fraction of sp³-hybridized carbons (Fsp3) is 0.714. The Labute approximate surface area is 214 Å². The molecular weight excluding hydrogens is 478 g/mol. The van der Waals surface area contributed by atoms with Gasteiger partial charge in [-0.3, -0.25) is 9.59 Å². The molecule has 198 valence electrons. The first-order valence-electron chi connectivity index (χ1n) is 13.3. The Bertz CT molecular complexity index is 1210. The second kappa shape index (κ2) is 8.20. The largest absolute Gasteiger partial charge is 0.508 e. The number of phenols is 1. The van der Waals surface area contributed by atoms with Crippen molar-refractivity contribution in [1.29, 1.82) is 0 Å². The predicted octanol–water partition coefficient (Wildman–Crippen LogP) is 4.62. The van der Waals surface area contributed by atoms with Gasteiger partial charge >= 0.3 is 5.97 Å². The molecule has 2 saturated carbocycles. The van der Waals surface area contributed by atoms with Crippen molar-refractivity contribution in [3.05, 3.63) is 23.3 Å². The van der Waals surface area contributed by atoms with E-state index in [2.05, 4.69) is 27.7 Å². The summed E-state index contributed by atoms with van der Waals surface area (Å²) < 4.78 is 27.5. The Balaban J connectivity index is 1.53. The summed E-state index contributed by atoms with van der Waals surface area (Å²) in [5.74, 6) is -1.40. The standard InChI is InChI=1S/C28H39NO6S/c1-26(2)9-5-10-27(3)21(26)6-11-28(4)22(27)16-36(34,35)20-15-18(14-19(30)23(20)28)24(31)29-12-7-17(8-13-29)25(32)33/h14-15,17,21-22,30H,5-13,16H2,1-4H3,(H,32,33). The van der Waals surface area contributed by atoms with Crippen molar-refractivity contribution in [1.82, 2.24) is 4.90 Å². The molecule has 1 aromatic carbocycles. The Morgan fingerprint density at radius 1 is 0.972 bits per heavy atom. The van der Waals surface area contributed by atoms with Crippen molar-refractivity contribution in [2.75, 3.05) is 18.8 Å². The number of hydrogen-bond donors (Lipinski definition) is 2. The minimum absolute atomic E-state index is 0.0423. The minimum atomic E-state index is -3.71. The molecule has 1 aromatic rings. The van der Waals surface area contributed by atoms with E-state index in [4.69, 9.17) is 0 Å². The molecule has 1 saturated heterocycles. The van der Waals surface area contributed by atoms with Crippen LogP contribution in [0, 0.1) is 28.6 Å². The average molecular weight is 518 g/mol. The lowest BCUT2D eigenvalue weighted by Crippen LogP contribution is -2.59. The van der Waals surface area contributed by atoms with Crippen LogP contribution in [0.3, 0.4) is 0 Å². The molecule has 2 aliphatic carbocycles. The smallest absolute Gasteiger partial charge is 0.306 e. The van der Waals surface area contributed by atoms with Crippen LogP contribution in [0.5, 0.6) is 5.75 Å². The number of carbonyl (C=O) groups is 2. The number of phenolic OH excluding ortho intramolecular Hbond substituents is 1. The number of benzene rings is 1. The number of hydrogen-bond acceptors (Lipinski definition) is 5. The summed E-state index contributed by atoms with van der Waals surface area (Å²) in [4.78, 5) is 26.2.